The van der Waals surface area contributed by atoms with E-state index in [0.29, 0.717) is 30.7 Å². The summed E-state index contributed by atoms with van der Waals surface area (Å²) in [6.07, 6.45) is 4.18. The number of anilines is 2. The van der Waals surface area contributed by atoms with Gasteiger partial charge in [-0.1, -0.05) is 68.3 Å². The van der Waals surface area contributed by atoms with Crippen molar-refractivity contribution >= 4 is 67.0 Å². The minimum atomic E-state index is -4.50. The summed E-state index contributed by atoms with van der Waals surface area (Å²) >= 11 is 7.47. The van der Waals surface area contributed by atoms with Crippen LogP contribution in [0.5, 0.6) is 0 Å². The van der Waals surface area contributed by atoms with Gasteiger partial charge in [-0.3, -0.25) is 4.79 Å². The van der Waals surface area contributed by atoms with Crippen molar-refractivity contribution in [2.75, 3.05) is 29.1 Å². The number of alkyl halides is 2. The maximum Gasteiger partial charge on any atom is 1.00 e. The van der Waals surface area contributed by atoms with E-state index in [1.54, 1.807) is 12.1 Å². The fraction of sp³-hybridized carbons (Fsp3) is 0.319. The topological polar surface area (TPSA) is 95.6 Å². The van der Waals surface area contributed by atoms with Crippen LogP contribution in [0.1, 0.15) is 75.2 Å². The third kappa shape index (κ3) is 17.8. The molecule has 4 aromatic carbocycles. The van der Waals surface area contributed by atoms with Crippen molar-refractivity contribution in [3.05, 3.63) is 154 Å². The number of sulfonamides is 1. The second kappa shape index (κ2) is 28.4. The molecule has 2 atom stereocenters. The second-order valence-electron chi connectivity index (χ2n) is 14.8. The molecule has 1 aliphatic carbocycles. The molecule has 0 heterocycles. The molecule has 63 heavy (non-hydrogen) atoms. The molecule has 2 N–H and O–H groups in total. The van der Waals surface area contributed by atoms with Gasteiger partial charge in [0.2, 0.25) is 0 Å². The van der Waals surface area contributed by atoms with E-state index in [1.165, 1.54) is 78.9 Å². The predicted molar refractivity (Wildman–Crippen MR) is 249 cm³/mol. The summed E-state index contributed by atoms with van der Waals surface area (Å²) in [4.78, 5) is 14.8. The second-order valence-corrected chi connectivity index (χ2v) is 19.6. The standard InChI is InChI=1S/C30H34F2N3O4S3.C16H20Cl.CH3.HI.2Li/c1-5-23(21-40-25-12-10-9-11-13-25)33-27-19-18-26(20-28(27)41(37)30(31,32)6-2)42(38,39)34-29(36)22-14-16-24(17-15-22)35(7-3)8-4;1-4-12-11-16(2,3)10-9-15(12)13-5-7-14(17)8-6-13;;;;/h9-20,23,33H,1,3-8,21H2,2H3,(H,34,36);5-8H,1,4,9-11H2,2-3H3;1H3;1H;;/q-3;2*-1;;2*+1/p-1. The van der Waals surface area contributed by atoms with Crippen LogP contribution in [0.2, 0.25) is 5.02 Å². The number of thioether (sulfide) groups is 1. The molecular weight excluding hydrogens is 981 g/mol. The Morgan fingerprint density at radius 1 is 0.952 bits per heavy atom. The van der Waals surface area contributed by atoms with Crippen molar-refractivity contribution in [2.45, 2.75) is 85.3 Å². The van der Waals surface area contributed by atoms with Crippen LogP contribution < -0.4 is 76.6 Å². The zero-order valence-corrected chi connectivity index (χ0v) is 42.7. The van der Waals surface area contributed by atoms with Gasteiger partial charge in [-0.15, -0.1) is 24.9 Å². The quantitative estimate of drug-likeness (QED) is 0.0728. The van der Waals surface area contributed by atoms with E-state index >= 15 is 0 Å². The van der Waals surface area contributed by atoms with Crippen LogP contribution in [0.3, 0.4) is 0 Å². The van der Waals surface area contributed by atoms with Crippen molar-refractivity contribution in [3.63, 3.8) is 0 Å². The summed E-state index contributed by atoms with van der Waals surface area (Å²) in [5.41, 5.74) is 5.70. The van der Waals surface area contributed by atoms with Gasteiger partial charge in [0.05, 0.1) is 15.5 Å². The Hall–Kier alpha value is -1.79. The Morgan fingerprint density at radius 3 is 2.10 bits per heavy atom. The molecule has 0 bridgehead atoms. The Morgan fingerprint density at radius 2 is 1.56 bits per heavy atom. The van der Waals surface area contributed by atoms with Gasteiger partial charge in [-0.2, -0.15) is 21.6 Å². The number of halogens is 4. The number of hydrogen-bond donors (Lipinski definition) is 2. The average Bonchev–Trinajstić information content (AvgIpc) is 3.23. The van der Waals surface area contributed by atoms with E-state index < -0.39 is 43.3 Å². The first-order valence-corrected chi connectivity index (χ1v) is 23.4. The van der Waals surface area contributed by atoms with Crippen molar-refractivity contribution < 1.29 is 87.9 Å². The maximum atomic E-state index is 14.6. The normalized spacial score (nSPS) is 14.1. The average molecular weight is 1040 g/mol. The molecule has 0 saturated carbocycles. The number of carbonyl (C=O) groups excluding carboxylic acids is 1. The Kier molecular flexibility index (Phi) is 27.6. The smallest absolute Gasteiger partial charge is 1.00 e. The van der Waals surface area contributed by atoms with Crippen LogP contribution >= 0.6 is 23.4 Å². The van der Waals surface area contributed by atoms with Crippen LogP contribution in [0.15, 0.2) is 117 Å². The fourth-order valence-corrected chi connectivity index (χ4v) is 9.79. The number of carbonyl (C=O) groups is 1. The van der Waals surface area contributed by atoms with E-state index in [4.69, 9.17) is 11.6 Å². The number of rotatable bonds is 17. The summed E-state index contributed by atoms with van der Waals surface area (Å²) in [7, 11) is -7.38. The third-order valence-electron chi connectivity index (χ3n) is 9.97. The van der Waals surface area contributed by atoms with Gasteiger partial charge in [0, 0.05) is 39.4 Å². The van der Waals surface area contributed by atoms with E-state index in [1.807, 2.05) is 52.1 Å². The molecule has 5 rings (SSSR count). The first-order chi connectivity index (χ1) is 28.0. The number of amides is 1. The van der Waals surface area contributed by atoms with E-state index in [9.17, 15) is 26.2 Å². The zero-order valence-electron chi connectivity index (χ0n) is 37.3. The molecule has 0 aliphatic heterocycles. The molecule has 0 fully saturated rings. The minimum Gasteiger partial charge on any atom is -1.00 e. The van der Waals surface area contributed by atoms with Gasteiger partial charge >= 0.3 is 43.0 Å². The molecule has 0 aromatic heterocycles. The summed E-state index contributed by atoms with van der Waals surface area (Å²) in [6, 6.07) is 27.1. The zero-order chi connectivity index (χ0) is 43.4. The van der Waals surface area contributed by atoms with Crippen LogP contribution in [0.4, 0.5) is 20.2 Å². The SMILES string of the molecule is [CH2-]CC(CSc1ccccc1)Nc1ccc(S(=O)(=O)NC(=O)c2ccc(N(C[CH2-])C[CH2-])cc2)cc1S(=O)C(F)(F)CC.[CH2-]CC1=C(c2ccc(Cl)cc2)CCC(C)(C)C1.[CH3-].[I-].[Li+].[Li+]. The molecule has 2 unspecified atom stereocenters. The van der Waals surface area contributed by atoms with Crippen molar-refractivity contribution in [2.24, 2.45) is 5.41 Å². The largest absolute Gasteiger partial charge is 1.00 e. The van der Waals surface area contributed by atoms with E-state index in [2.05, 4.69) is 59.0 Å². The molecule has 16 heteroatoms. The number of allylic oxidation sites excluding steroid dienone is 2. The van der Waals surface area contributed by atoms with Gasteiger partial charge in [-0.05, 0) is 103 Å². The van der Waals surface area contributed by atoms with Crippen molar-refractivity contribution in [1.82, 2.24) is 4.72 Å². The van der Waals surface area contributed by atoms with Gasteiger partial charge in [0.25, 0.3) is 15.9 Å². The van der Waals surface area contributed by atoms with E-state index in [-0.39, 0.29) is 91.3 Å². The van der Waals surface area contributed by atoms with Crippen LogP contribution in [-0.2, 0) is 20.8 Å². The van der Waals surface area contributed by atoms with Crippen LogP contribution in [0.25, 0.3) is 5.57 Å². The minimum absolute atomic E-state index is 0. The summed E-state index contributed by atoms with van der Waals surface area (Å²) in [5, 5.41) is 0.304. The molecule has 0 radical (unpaired) electrons. The van der Waals surface area contributed by atoms with Crippen LogP contribution in [-0.4, -0.2) is 48.7 Å². The van der Waals surface area contributed by atoms with Crippen molar-refractivity contribution in [1.29, 1.82) is 0 Å². The fourth-order valence-electron chi connectivity index (χ4n) is 6.45. The molecular formula is C47H57ClF2ILi2N3O4S3-4. The molecule has 4 aromatic rings. The molecule has 1 aliphatic rings. The summed E-state index contributed by atoms with van der Waals surface area (Å²) < 4.78 is 70.6. The molecule has 0 spiro atoms. The Balaban J connectivity index is 0.00000154. The van der Waals surface area contributed by atoms with Gasteiger partial charge < -0.3 is 69.3 Å². The number of nitrogens with one attached hydrogen (secondary N) is 2. The third-order valence-corrected chi connectivity index (χ3v) is 14.3. The Bertz CT molecular complexity index is 2180. The van der Waals surface area contributed by atoms with Crippen molar-refractivity contribution in [3.8, 4) is 0 Å². The Labute approximate surface area is 429 Å². The van der Waals surface area contributed by atoms with Gasteiger partial charge in [0.1, 0.15) is 10.8 Å². The molecule has 7 nitrogen and oxygen atoms in total. The molecule has 1 amide bonds. The van der Waals surface area contributed by atoms with E-state index in [0.717, 1.165) is 28.1 Å². The predicted octanol–water partition coefficient (Wildman–Crippen LogP) is 3.18. The first kappa shape index (κ1) is 61.2. The van der Waals surface area contributed by atoms with Crippen LogP contribution in [0, 0.1) is 40.5 Å². The number of hydrogen-bond acceptors (Lipinski definition) is 7. The first-order valence-electron chi connectivity index (χ1n) is 19.4. The van der Waals surface area contributed by atoms with Gasteiger partial charge in [-0.25, -0.2) is 17.3 Å². The molecule has 0 saturated heterocycles. The summed E-state index contributed by atoms with van der Waals surface area (Å²) in [5.74, 6) is -0.379. The summed E-state index contributed by atoms with van der Waals surface area (Å²) in [6.45, 7) is 22.4. The number of benzene rings is 4. The number of nitrogens with zero attached hydrogens (tertiary/aromatic N) is 1. The van der Waals surface area contributed by atoms with Gasteiger partial charge in [0.15, 0.2) is 0 Å². The molecule has 336 valence electrons. The maximum absolute atomic E-state index is 14.6. The monoisotopic (exact) mass is 1040 g/mol.